The summed E-state index contributed by atoms with van der Waals surface area (Å²) in [5.74, 6) is 2.29. The van der Waals surface area contributed by atoms with E-state index in [1.54, 1.807) is 0 Å². The third-order valence-electron chi connectivity index (χ3n) is 4.93. The largest absolute Gasteiger partial charge is 0.439 e. The second-order valence-corrected chi connectivity index (χ2v) is 6.29. The fourth-order valence-electron chi connectivity index (χ4n) is 3.92. The van der Waals surface area contributed by atoms with E-state index in [-0.39, 0.29) is 0 Å². The maximum absolute atomic E-state index is 6.27. The van der Waals surface area contributed by atoms with Gasteiger partial charge in [-0.2, -0.15) is 0 Å². The van der Waals surface area contributed by atoms with E-state index in [1.165, 1.54) is 19.3 Å². The van der Waals surface area contributed by atoms with Gasteiger partial charge in [-0.25, -0.2) is 4.98 Å². The summed E-state index contributed by atoms with van der Waals surface area (Å²) in [7, 11) is 0. The summed E-state index contributed by atoms with van der Waals surface area (Å²) in [6.07, 6.45) is 3.82. The molecule has 1 saturated carbocycles. The average Bonchev–Trinajstić information content (AvgIpc) is 3.02. The second kappa shape index (κ2) is 4.86. The molecule has 1 aromatic carbocycles. The van der Waals surface area contributed by atoms with Gasteiger partial charge in [0.1, 0.15) is 5.52 Å². The van der Waals surface area contributed by atoms with E-state index < -0.39 is 0 Å². The molecule has 0 radical (unpaired) electrons. The van der Waals surface area contributed by atoms with E-state index in [2.05, 4.69) is 9.88 Å². The number of likely N-dealkylation sites (tertiary alicyclic amines) is 1. The van der Waals surface area contributed by atoms with Gasteiger partial charge in [0.05, 0.1) is 6.54 Å². The van der Waals surface area contributed by atoms with Crippen molar-refractivity contribution in [3.8, 4) is 0 Å². The highest BCUT2D eigenvalue weighted by atomic mass is 16.3. The minimum atomic E-state index is 0.391. The summed E-state index contributed by atoms with van der Waals surface area (Å²) in [4.78, 5) is 7.04. The Bertz CT molecular complexity index is 576. The predicted molar refractivity (Wildman–Crippen MR) is 78.1 cm³/mol. The van der Waals surface area contributed by atoms with Crippen molar-refractivity contribution in [2.24, 2.45) is 17.6 Å². The summed E-state index contributed by atoms with van der Waals surface area (Å²) < 4.78 is 5.83. The summed E-state index contributed by atoms with van der Waals surface area (Å²) in [6, 6.07) is 8.36. The van der Waals surface area contributed by atoms with Gasteiger partial charge in [0.15, 0.2) is 5.58 Å². The molecule has 3 atom stereocenters. The van der Waals surface area contributed by atoms with E-state index in [9.17, 15) is 0 Å². The molecule has 20 heavy (non-hydrogen) atoms. The molecule has 4 nitrogen and oxygen atoms in total. The Hall–Kier alpha value is -1.39. The third-order valence-corrected chi connectivity index (χ3v) is 4.93. The Kier molecular flexibility index (Phi) is 3.00. The van der Waals surface area contributed by atoms with E-state index in [4.69, 9.17) is 10.2 Å². The zero-order valence-electron chi connectivity index (χ0n) is 11.7. The quantitative estimate of drug-likeness (QED) is 0.911. The van der Waals surface area contributed by atoms with Crippen molar-refractivity contribution >= 4 is 11.1 Å². The number of benzene rings is 1. The topological polar surface area (TPSA) is 55.3 Å². The Morgan fingerprint density at radius 2 is 2.15 bits per heavy atom. The van der Waals surface area contributed by atoms with Crippen molar-refractivity contribution in [3.05, 3.63) is 30.2 Å². The lowest BCUT2D eigenvalue weighted by molar-refractivity contribution is 0.258. The van der Waals surface area contributed by atoms with E-state index in [0.29, 0.717) is 12.0 Å². The van der Waals surface area contributed by atoms with Crippen LogP contribution >= 0.6 is 0 Å². The van der Waals surface area contributed by atoms with Crippen LogP contribution in [0, 0.1) is 11.8 Å². The lowest BCUT2D eigenvalue weighted by atomic mass is 9.78. The molecule has 4 rings (SSSR count). The van der Waals surface area contributed by atoms with Crippen LogP contribution in [0.4, 0.5) is 0 Å². The van der Waals surface area contributed by atoms with E-state index in [1.807, 2.05) is 24.3 Å². The molecule has 0 bridgehead atoms. The highest BCUT2D eigenvalue weighted by molar-refractivity contribution is 5.72. The molecule has 1 aliphatic carbocycles. The van der Waals surface area contributed by atoms with Crippen molar-refractivity contribution in [2.75, 3.05) is 13.1 Å². The Morgan fingerprint density at radius 3 is 3.00 bits per heavy atom. The smallest absolute Gasteiger partial charge is 0.209 e. The number of nitrogens with zero attached hydrogens (tertiary/aromatic N) is 2. The van der Waals surface area contributed by atoms with E-state index >= 15 is 0 Å². The molecular formula is C16H21N3O. The molecule has 1 saturated heterocycles. The van der Waals surface area contributed by atoms with Gasteiger partial charge in [0.2, 0.25) is 5.89 Å². The van der Waals surface area contributed by atoms with Crippen molar-refractivity contribution in [1.29, 1.82) is 0 Å². The summed E-state index contributed by atoms with van der Waals surface area (Å²) >= 11 is 0. The first-order valence-corrected chi connectivity index (χ1v) is 7.62. The van der Waals surface area contributed by atoms with Crippen LogP contribution in [0.2, 0.25) is 0 Å². The first-order valence-electron chi connectivity index (χ1n) is 7.62. The molecule has 3 unspecified atom stereocenters. The Labute approximate surface area is 118 Å². The van der Waals surface area contributed by atoms with Crippen LogP contribution in [0.1, 0.15) is 25.2 Å². The van der Waals surface area contributed by atoms with E-state index in [0.717, 1.165) is 42.5 Å². The van der Waals surface area contributed by atoms with Crippen LogP contribution in [0.25, 0.3) is 11.1 Å². The first-order chi connectivity index (χ1) is 9.79. The third kappa shape index (κ3) is 2.13. The van der Waals surface area contributed by atoms with Gasteiger partial charge in [-0.3, -0.25) is 4.90 Å². The number of oxazole rings is 1. The van der Waals surface area contributed by atoms with Crippen molar-refractivity contribution in [3.63, 3.8) is 0 Å². The number of fused-ring (bicyclic) bond motifs is 2. The molecule has 1 aromatic heterocycles. The highest BCUT2D eigenvalue weighted by Gasteiger charge is 2.38. The monoisotopic (exact) mass is 271 g/mol. The Balaban J connectivity index is 1.49. The zero-order chi connectivity index (χ0) is 13.5. The maximum atomic E-state index is 6.27. The van der Waals surface area contributed by atoms with Crippen LogP contribution in [-0.4, -0.2) is 29.0 Å². The van der Waals surface area contributed by atoms with Gasteiger partial charge < -0.3 is 10.2 Å². The van der Waals surface area contributed by atoms with Crippen LogP contribution in [0.5, 0.6) is 0 Å². The fourth-order valence-corrected chi connectivity index (χ4v) is 3.92. The number of hydrogen-bond acceptors (Lipinski definition) is 4. The molecule has 0 spiro atoms. The van der Waals surface area contributed by atoms with Gasteiger partial charge >= 0.3 is 0 Å². The molecule has 2 aliphatic rings. The molecule has 2 aromatic rings. The summed E-state index contributed by atoms with van der Waals surface area (Å²) in [5.41, 5.74) is 8.11. The van der Waals surface area contributed by atoms with Gasteiger partial charge in [0.25, 0.3) is 0 Å². The molecule has 1 aliphatic heterocycles. The molecular weight excluding hydrogens is 250 g/mol. The highest BCUT2D eigenvalue weighted by Crippen LogP contribution is 2.36. The molecule has 4 heteroatoms. The second-order valence-electron chi connectivity index (χ2n) is 6.29. The first kappa shape index (κ1) is 12.4. The molecule has 106 valence electrons. The number of aromatic nitrogens is 1. The van der Waals surface area contributed by atoms with Crippen LogP contribution < -0.4 is 5.73 Å². The lowest BCUT2D eigenvalue weighted by Gasteiger charge is -2.29. The maximum Gasteiger partial charge on any atom is 0.209 e. The minimum Gasteiger partial charge on any atom is -0.439 e. The van der Waals surface area contributed by atoms with Crippen LogP contribution in [-0.2, 0) is 6.54 Å². The SMILES string of the molecule is NC1CCCC2CN(Cc3nc4ccccc4o3)CC12. The number of para-hydroxylation sites is 2. The zero-order valence-corrected chi connectivity index (χ0v) is 11.7. The van der Waals surface area contributed by atoms with Crippen LogP contribution in [0.15, 0.2) is 28.7 Å². The van der Waals surface area contributed by atoms with Crippen LogP contribution in [0.3, 0.4) is 0 Å². The minimum absolute atomic E-state index is 0.391. The normalized spacial score (nSPS) is 30.8. The molecule has 2 fully saturated rings. The lowest BCUT2D eigenvalue weighted by Crippen LogP contribution is -2.38. The summed E-state index contributed by atoms with van der Waals surface area (Å²) in [5, 5.41) is 0. The van der Waals surface area contributed by atoms with Gasteiger partial charge in [-0.15, -0.1) is 0 Å². The van der Waals surface area contributed by atoms with Crippen molar-refractivity contribution in [1.82, 2.24) is 9.88 Å². The van der Waals surface area contributed by atoms with Gasteiger partial charge in [-0.1, -0.05) is 18.6 Å². The molecule has 0 amide bonds. The Morgan fingerprint density at radius 1 is 1.25 bits per heavy atom. The standard InChI is InChI=1S/C16H21N3O/c17-13-5-3-4-11-8-19(9-12(11)13)10-16-18-14-6-1-2-7-15(14)20-16/h1-2,6-7,11-13H,3-5,8-10,17H2. The number of rotatable bonds is 2. The molecule has 2 N–H and O–H groups in total. The predicted octanol–water partition coefficient (Wildman–Crippen LogP) is 2.39. The number of nitrogens with two attached hydrogens (primary N) is 1. The van der Waals surface area contributed by atoms with Crippen molar-refractivity contribution < 1.29 is 4.42 Å². The summed E-state index contributed by atoms with van der Waals surface area (Å²) in [6.45, 7) is 3.07. The average molecular weight is 271 g/mol. The fraction of sp³-hybridized carbons (Fsp3) is 0.562. The van der Waals surface area contributed by atoms with Gasteiger partial charge in [0, 0.05) is 19.1 Å². The molecule has 2 heterocycles. The van der Waals surface area contributed by atoms with Crippen molar-refractivity contribution in [2.45, 2.75) is 31.8 Å². The van der Waals surface area contributed by atoms with Gasteiger partial charge in [-0.05, 0) is 36.8 Å². The number of hydrogen-bond donors (Lipinski definition) is 1.